The SMILES string of the molecule is COC.COc1ccc(-c2ccnc3nc(-c4ccc(C=O)cc4)[nH]c23)cc1. The van der Waals surface area contributed by atoms with E-state index < -0.39 is 0 Å². The third-order valence-corrected chi connectivity index (χ3v) is 4.11. The first kappa shape index (κ1) is 19.3. The number of aldehydes is 1. The zero-order valence-corrected chi connectivity index (χ0v) is 16.0. The maximum Gasteiger partial charge on any atom is 0.178 e. The minimum absolute atomic E-state index is 0.636. The number of aromatic nitrogens is 3. The van der Waals surface area contributed by atoms with Crippen LogP contribution in [-0.4, -0.2) is 42.6 Å². The molecule has 6 heteroatoms. The monoisotopic (exact) mass is 375 g/mol. The van der Waals surface area contributed by atoms with Crippen LogP contribution in [0, 0.1) is 0 Å². The number of ether oxygens (including phenoxy) is 2. The molecule has 0 aliphatic rings. The van der Waals surface area contributed by atoms with Gasteiger partial charge >= 0.3 is 0 Å². The van der Waals surface area contributed by atoms with Gasteiger partial charge in [-0.25, -0.2) is 9.97 Å². The molecule has 0 aliphatic heterocycles. The lowest BCUT2D eigenvalue weighted by Crippen LogP contribution is -1.85. The Kier molecular flexibility index (Phi) is 6.14. The van der Waals surface area contributed by atoms with Crippen LogP contribution in [0.3, 0.4) is 0 Å². The number of aromatic amines is 1. The molecule has 0 unspecified atom stereocenters. The van der Waals surface area contributed by atoms with Crippen LogP contribution in [0.15, 0.2) is 60.8 Å². The quantitative estimate of drug-likeness (QED) is 0.536. The normalized spacial score (nSPS) is 10.2. The second-order valence-corrected chi connectivity index (χ2v) is 6.02. The molecule has 0 fully saturated rings. The minimum Gasteiger partial charge on any atom is -0.497 e. The summed E-state index contributed by atoms with van der Waals surface area (Å²) in [5.74, 6) is 1.54. The average Bonchev–Trinajstić information content (AvgIpc) is 3.19. The number of nitrogens with zero attached hydrogens (tertiary/aromatic N) is 2. The Labute approximate surface area is 163 Å². The summed E-state index contributed by atoms with van der Waals surface area (Å²) < 4.78 is 9.47. The lowest BCUT2D eigenvalue weighted by Gasteiger charge is -2.04. The van der Waals surface area contributed by atoms with Crippen molar-refractivity contribution in [3.05, 3.63) is 66.4 Å². The third-order valence-electron chi connectivity index (χ3n) is 4.11. The molecule has 2 heterocycles. The van der Waals surface area contributed by atoms with Gasteiger partial charge in [0.2, 0.25) is 0 Å². The van der Waals surface area contributed by atoms with Gasteiger partial charge in [0.15, 0.2) is 5.65 Å². The van der Waals surface area contributed by atoms with E-state index in [4.69, 9.17) is 4.74 Å². The van der Waals surface area contributed by atoms with Crippen molar-refractivity contribution in [1.29, 1.82) is 0 Å². The number of carbonyl (C=O) groups excluding carboxylic acids is 1. The number of hydrogen-bond donors (Lipinski definition) is 1. The van der Waals surface area contributed by atoms with Crippen molar-refractivity contribution in [1.82, 2.24) is 15.0 Å². The van der Waals surface area contributed by atoms with Crippen molar-refractivity contribution in [2.24, 2.45) is 0 Å². The molecule has 142 valence electrons. The molecule has 2 aromatic heterocycles. The number of nitrogens with one attached hydrogen (secondary N) is 1. The van der Waals surface area contributed by atoms with E-state index in [0.29, 0.717) is 11.2 Å². The van der Waals surface area contributed by atoms with Crippen LogP contribution in [0.1, 0.15) is 10.4 Å². The fourth-order valence-electron chi connectivity index (χ4n) is 2.78. The summed E-state index contributed by atoms with van der Waals surface area (Å²) in [6.45, 7) is 0. The Morgan fingerprint density at radius 1 is 0.893 bits per heavy atom. The van der Waals surface area contributed by atoms with Crippen LogP contribution < -0.4 is 4.74 Å². The number of imidazole rings is 1. The molecule has 28 heavy (non-hydrogen) atoms. The standard InChI is InChI=1S/C20H15N3O2.C2H6O/c1-25-16-8-6-14(7-9-16)17-10-11-21-20-18(17)22-19(23-20)15-4-2-13(12-24)3-5-15;1-3-2/h2-12H,1H3,(H,21,22,23);1-2H3. The molecule has 4 rings (SSSR count). The molecule has 0 atom stereocenters. The van der Waals surface area contributed by atoms with E-state index in [1.54, 1.807) is 39.7 Å². The van der Waals surface area contributed by atoms with Crippen LogP contribution >= 0.6 is 0 Å². The van der Waals surface area contributed by atoms with Crippen molar-refractivity contribution in [3.8, 4) is 28.3 Å². The third kappa shape index (κ3) is 4.07. The first-order chi connectivity index (χ1) is 13.7. The van der Waals surface area contributed by atoms with Gasteiger partial charge in [-0.2, -0.15) is 0 Å². The lowest BCUT2D eigenvalue weighted by molar-refractivity contribution is 0.112. The fourth-order valence-corrected chi connectivity index (χ4v) is 2.78. The summed E-state index contributed by atoms with van der Waals surface area (Å²) in [6.07, 6.45) is 2.58. The Morgan fingerprint density at radius 3 is 2.14 bits per heavy atom. The largest absolute Gasteiger partial charge is 0.497 e. The highest BCUT2D eigenvalue weighted by Gasteiger charge is 2.11. The Hall–Kier alpha value is -3.51. The maximum absolute atomic E-state index is 10.8. The van der Waals surface area contributed by atoms with Crippen molar-refractivity contribution < 1.29 is 14.3 Å². The van der Waals surface area contributed by atoms with Gasteiger partial charge in [0.1, 0.15) is 17.9 Å². The van der Waals surface area contributed by atoms with Crippen molar-refractivity contribution in [2.75, 3.05) is 21.3 Å². The number of H-pyrrole nitrogens is 1. The summed E-state index contributed by atoms with van der Waals surface area (Å²) >= 11 is 0. The van der Waals surface area contributed by atoms with Crippen LogP contribution in [-0.2, 0) is 4.74 Å². The fraction of sp³-hybridized carbons (Fsp3) is 0.136. The van der Waals surface area contributed by atoms with E-state index in [-0.39, 0.29) is 0 Å². The predicted molar refractivity (Wildman–Crippen MR) is 110 cm³/mol. The molecule has 0 bridgehead atoms. The second-order valence-electron chi connectivity index (χ2n) is 6.02. The molecule has 0 aliphatic carbocycles. The number of hydrogen-bond acceptors (Lipinski definition) is 5. The van der Waals surface area contributed by atoms with E-state index in [0.717, 1.165) is 40.1 Å². The van der Waals surface area contributed by atoms with Crippen LogP contribution in [0.25, 0.3) is 33.7 Å². The highest BCUT2D eigenvalue weighted by molar-refractivity contribution is 5.91. The van der Waals surface area contributed by atoms with E-state index >= 15 is 0 Å². The second kappa shape index (κ2) is 8.92. The molecule has 2 aromatic carbocycles. The highest BCUT2D eigenvalue weighted by Crippen LogP contribution is 2.29. The van der Waals surface area contributed by atoms with E-state index in [2.05, 4.69) is 19.7 Å². The Bertz CT molecular complexity index is 1050. The number of benzene rings is 2. The Balaban J connectivity index is 0.000000706. The van der Waals surface area contributed by atoms with E-state index in [1.165, 1.54) is 0 Å². The zero-order chi connectivity index (χ0) is 19.9. The minimum atomic E-state index is 0.636. The topological polar surface area (TPSA) is 77.1 Å². The molecule has 0 saturated heterocycles. The van der Waals surface area contributed by atoms with Crippen LogP contribution in [0.2, 0.25) is 0 Å². The first-order valence-electron chi connectivity index (χ1n) is 8.65. The van der Waals surface area contributed by atoms with Crippen molar-refractivity contribution >= 4 is 17.5 Å². The zero-order valence-electron chi connectivity index (χ0n) is 16.0. The van der Waals surface area contributed by atoms with Crippen LogP contribution in [0.5, 0.6) is 5.75 Å². The molecule has 0 spiro atoms. The van der Waals surface area contributed by atoms with Gasteiger partial charge in [-0.1, -0.05) is 36.4 Å². The van der Waals surface area contributed by atoms with Gasteiger partial charge in [-0.3, -0.25) is 4.79 Å². The summed E-state index contributed by atoms with van der Waals surface area (Å²) in [6, 6.07) is 17.1. The van der Waals surface area contributed by atoms with Gasteiger partial charge in [-0.05, 0) is 23.8 Å². The first-order valence-corrected chi connectivity index (χ1v) is 8.65. The van der Waals surface area contributed by atoms with Gasteiger partial charge in [0.05, 0.1) is 12.6 Å². The maximum atomic E-state index is 10.8. The predicted octanol–water partition coefficient (Wildman–Crippen LogP) is 4.38. The van der Waals surface area contributed by atoms with Gasteiger partial charge in [0, 0.05) is 37.1 Å². The van der Waals surface area contributed by atoms with E-state index in [1.807, 2.05) is 42.5 Å². The molecule has 0 amide bonds. The summed E-state index contributed by atoms with van der Waals surface area (Å²) in [5.41, 5.74) is 5.15. The summed E-state index contributed by atoms with van der Waals surface area (Å²) in [7, 11) is 4.90. The lowest BCUT2D eigenvalue weighted by atomic mass is 10.1. The van der Waals surface area contributed by atoms with Gasteiger partial charge < -0.3 is 14.5 Å². The number of methoxy groups -OCH3 is 2. The highest BCUT2D eigenvalue weighted by atomic mass is 16.5. The smallest absolute Gasteiger partial charge is 0.178 e. The summed E-state index contributed by atoms with van der Waals surface area (Å²) in [5, 5.41) is 0. The van der Waals surface area contributed by atoms with Gasteiger partial charge in [-0.15, -0.1) is 0 Å². The van der Waals surface area contributed by atoms with Crippen molar-refractivity contribution in [3.63, 3.8) is 0 Å². The molecular weight excluding hydrogens is 354 g/mol. The molecule has 0 saturated carbocycles. The van der Waals surface area contributed by atoms with Crippen molar-refractivity contribution in [2.45, 2.75) is 0 Å². The molecular formula is C22H21N3O3. The molecule has 4 aromatic rings. The van der Waals surface area contributed by atoms with Crippen LogP contribution in [0.4, 0.5) is 0 Å². The van der Waals surface area contributed by atoms with E-state index in [9.17, 15) is 4.79 Å². The molecule has 1 N–H and O–H groups in total. The summed E-state index contributed by atoms with van der Waals surface area (Å²) in [4.78, 5) is 23.1. The van der Waals surface area contributed by atoms with Gasteiger partial charge in [0.25, 0.3) is 0 Å². The molecule has 6 nitrogen and oxygen atoms in total. The number of pyridine rings is 1. The Morgan fingerprint density at radius 2 is 1.54 bits per heavy atom. The average molecular weight is 375 g/mol. The number of rotatable bonds is 4. The number of fused-ring (bicyclic) bond motifs is 1. The molecule has 0 radical (unpaired) electrons. The number of carbonyl (C=O) groups is 1.